The van der Waals surface area contributed by atoms with Gasteiger partial charge in [0.05, 0.1) is 11.4 Å². The Morgan fingerprint density at radius 2 is 1.55 bits per heavy atom. The second-order valence-electron chi connectivity index (χ2n) is 8.05. The van der Waals surface area contributed by atoms with Crippen LogP contribution >= 0.6 is 0 Å². The van der Waals surface area contributed by atoms with Crippen LogP contribution in [0.3, 0.4) is 0 Å². The summed E-state index contributed by atoms with van der Waals surface area (Å²) in [6, 6.07) is 11.1. The van der Waals surface area contributed by atoms with Gasteiger partial charge in [-0.1, -0.05) is 49.1 Å². The van der Waals surface area contributed by atoms with E-state index in [-0.39, 0.29) is 17.3 Å². The molecule has 2 aromatic rings. The summed E-state index contributed by atoms with van der Waals surface area (Å²) in [6.45, 7) is 5.54. The van der Waals surface area contributed by atoms with Gasteiger partial charge >= 0.3 is 0 Å². The van der Waals surface area contributed by atoms with Gasteiger partial charge in [0.25, 0.3) is 0 Å². The Balaban J connectivity index is 1.61. The van der Waals surface area contributed by atoms with Gasteiger partial charge in [0.1, 0.15) is 0 Å². The zero-order valence-corrected chi connectivity index (χ0v) is 18.2. The topological polar surface area (TPSA) is 75.3 Å². The summed E-state index contributed by atoms with van der Waals surface area (Å²) in [4.78, 5) is 12.5. The normalized spacial score (nSPS) is 15.3. The van der Waals surface area contributed by atoms with Crippen molar-refractivity contribution in [2.45, 2.75) is 63.7 Å². The van der Waals surface area contributed by atoms with E-state index in [0.717, 1.165) is 22.4 Å². The number of carbonyl (C=O) groups excluding carboxylic acids is 1. The number of hydrogen-bond donors (Lipinski definition) is 2. The van der Waals surface area contributed by atoms with Crippen molar-refractivity contribution < 1.29 is 13.2 Å². The summed E-state index contributed by atoms with van der Waals surface area (Å²) < 4.78 is 27.5. The number of rotatable bonds is 6. The first-order valence-electron chi connectivity index (χ1n) is 10.2. The summed E-state index contributed by atoms with van der Waals surface area (Å²) in [7, 11) is -3.73. The average molecular weight is 415 g/mol. The van der Waals surface area contributed by atoms with Crippen LogP contribution in [0.25, 0.3) is 0 Å². The molecule has 2 N–H and O–H groups in total. The molecule has 156 valence electrons. The first-order chi connectivity index (χ1) is 13.8. The Morgan fingerprint density at radius 3 is 2.14 bits per heavy atom. The first-order valence-corrected chi connectivity index (χ1v) is 11.7. The third-order valence-corrected chi connectivity index (χ3v) is 7.05. The Morgan fingerprint density at radius 1 is 0.966 bits per heavy atom. The molecule has 0 saturated heterocycles. The van der Waals surface area contributed by atoms with E-state index in [1.807, 2.05) is 45.0 Å². The predicted molar refractivity (Wildman–Crippen MR) is 117 cm³/mol. The highest BCUT2D eigenvalue weighted by Gasteiger charge is 2.19. The van der Waals surface area contributed by atoms with E-state index in [1.165, 1.54) is 37.7 Å². The fourth-order valence-electron chi connectivity index (χ4n) is 4.16. The number of hydrogen-bond acceptors (Lipinski definition) is 3. The third-order valence-electron chi connectivity index (χ3n) is 5.63. The van der Waals surface area contributed by atoms with E-state index in [0.29, 0.717) is 5.92 Å². The van der Waals surface area contributed by atoms with Crippen LogP contribution in [0.2, 0.25) is 0 Å². The average Bonchev–Trinajstić information content (AvgIpc) is 2.70. The molecule has 0 unspecified atom stereocenters. The van der Waals surface area contributed by atoms with Crippen LogP contribution in [-0.2, 0) is 14.8 Å². The quantitative estimate of drug-likeness (QED) is 0.727. The van der Waals surface area contributed by atoms with Gasteiger partial charge in [-0.05, 0) is 68.4 Å². The van der Waals surface area contributed by atoms with Crippen LogP contribution in [-0.4, -0.2) is 20.9 Å². The summed E-state index contributed by atoms with van der Waals surface area (Å²) in [5.41, 5.74) is 4.97. The lowest BCUT2D eigenvalue weighted by Crippen LogP contribution is -2.33. The Labute approximate surface area is 174 Å². The number of amides is 1. The van der Waals surface area contributed by atoms with E-state index in [4.69, 9.17) is 0 Å². The van der Waals surface area contributed by atoms with Gasteiger partial charge in [-0.3, -0.25) is 4.79 Å². The lowest BCUT2D eigenvalue weighted by Gasteiger charge is -2.22. The summed E-state index contributed by atoms with van der Waals surface area (Å²) in [5, 5.41) is 2.82. The molecule has 6 heteroatoms. The van der Waals surface area contributed by atoms with Gasteiger partial charge in [-0.2, -0.15) is 0 Å². The molecule has 0 radical (unpaired) electrons. The molecule has 1 saturated carbocycles. The lowest BCUT2D eigenvalue weighted by molar-refractivity contribution is -0.115. The Hall–Kier alpha value is -2.18. The smallest absolute Gasteiger partial charge is 0.241 e. The fourth-order valence-corrected chi connectivity index (χ4v) is 5.14. The molecular weight excluding hydrogens is 384 g/mol. The van der Waals surface area contributed by atoms with Gasteiger partial charge < -0.3 is 5.32 Å². The van der Waals surface area contributed by atoms with Crippen molar-refractivity contribution in [1.82, 2.24) is 4.72 Å². The molecule has 3 rings (SSSR count). The van der Waals surface area contributed by atoms with Crippen molar-refractivity contribution in [3.8, 4) is 0 Å². The summed E-state index contributed by atoms with van der Waals surface area (Å²) in [5.74, 6) is 0.141. The zero-order chi connectivity index (χ0) is 21.0. The summed E-state index contributed by atoms with van der Waals surface area (Å²) in [6.07, 6.45) is 6.10. The molecule has 0 bridgehead atoms. The first kappa shape index (κ1) is 21.5. The van der Waals surface area contributed by atoms with Gasteiger partial charge in [0, 0.05) is 5.69 Å². The molecule has 2 aromatic carbocycles. The minimum absolute atomic E-state index is 0.188. The van der Waals surface area contributed by atoms with Gasteiger partial charge in [0.2, 0.25) is 15.9 Å². The second kappa shape index (κ2) is 9.09. The molecule has 1 amide bonds. The predicted octanol–water partition coefficient (Wildman–Crippen LogP) is 4.58. The maximum Gasteiger partial charge on any atom is 0.241 e. The van der Waals surface area contributed by atoms with Crippen LogP contribution in [0.15, 0.2) is 41.3 Å². The molecule has 1 aliphatic rings. The zero-order valence-electron chi connectivity index (χ0n) is 17.4. The summed E-state index contributed by atoms with van der Waals surface area (Å²) >= 11 is 0. The van der Waals surface area contributed by atoms with Crippen molar-refractivity contribution in [2.75, 3.05) is 11.9 Å². The van der Waals surface area contributed by atoms with Crippen LogP contribution in [0.1, 0.15) is 60.3 Å². The van der Waals surface area contributed by atoms with Crippen molar-refractivity contribution in [1.29, 1.82) is 0 Å². The highest BCUT2D eigenvalue weighted by Crippen LogP contribution is 2.32. The number of sulfonamides is 1. The Bertz CT molecular complexity index is 953. The van der Waals surface area contributed by atoms with Crippen molar-refractivity contribution in [3.63, 3.8) is 0 Å². The molecule has 1 fully saturated rings. The van der Waals surface area contributed by atoms with Crippen molar-refractivity contribution in [3.05, 3.63) is 58.7 Å². The maximum atomic E-state index is 12.6. The molecule has 0 aliphatic heterocycles. The van der Waals surface area contributed by atoms with E-state index in [2.05, 4.69) is 10.0 Å². The number of carbonyl (C=O) groups is 1. The highest BCUT2D eigenvalue weighted by molar-refractivity contribution is 7.89. The maximum absolute atomic E-state index is 12.6. The number of benzene rings is 2. The van der Waals surface area contributed by atoms with Gasteiger partial charge in [-0.15, -0.1) is 0 Å². The molecule has 1 aliphatic carbocycles. The monoisotopic (exact) mass is 414 g/mol. The highest BCUT2D eigenvalue weighted by atomic mass is 32.2. The van der Waals surface area contributed by atoms with Crippen LogP contribution in [0, 0.1) is 20.8 Å². The van der Waals surface area contributed by atoms with Crippen molar-refractivity contribution >= 4 is 21.6 Å². The van der Waals surface area contributed by atoms with Crippen LogP contribution in [0.5, 0.6) is 0 Å². The molecule has 0 spiro atoms. The number of nitrogens with one attached hydrogen (secondary N) is 2. The number of aryl methyl sites for hydroxylation is 3. The van der Waals surface area contributed by atoms with E-state index < -0.39 is 10.0 Å². The van der Waals surface area contributed by atoms with E-state index in [9.17, 15) is 13.2 Å². The Kier molecular flexibility index (Phi) is 6.75. The largest absolute Gasteiger partial charge is 0.324 e. The fraction of sp³-hybridized carbons (Fsp3) is 0.435. The van der Waals surface area contributed by atoms with Crippen molar-refractivity contribution in [2.24, 2.45) is 0 Å². The number of anilines is 1. The minimum Gasteiger partial charge on any atom is -0.324 e. The van der Waals surface area contributed by atoms with Crippen LogP contribution < -0.4 is 10.0 Å². The molecule has 0 aromatic heterocycles. The molecule has 29 heavy (non-hydrogen) atoms. The van der Waals surface area contributed by atoms with Crippen LogP contribution in [0.4, 0.5) is 5.69 Å². The minimum atomic E-state index is -3.73. The molecule has 0 heterocycles. The van der Waals surface area contributed by atoms with E-state index >= 15 is 0 Å². The van der Waals surface area contributed by atoms with Gasteiger partial charge in [0.15, 0.2) is 0 Å². The molecular formula is C23H30N2O3S. The standard InChI is InChI=1S/C23H30N2O3S/c1-16-13-17(2)23(18(3)14-16)25-22(26)15-24-29(27,28)21-11-9-20(10-12-21)19-7-5-4-6-8-19/h9-14,19,24H,4-8,15H2,1-3H3,(H,25,26). The third kappa shape index (κ3) is 5.46. The van der Waals surface area contributed by atoms with E-state index in [1.54, 1.807) is 12.1 Å². The van der Waals surface area contributed by atoms with Gasteiger partial charge in [-0.25, -0.2) is 13.1 Å². The molecule has 0 atom stereocenters. The molecule has 5 nitrogen and oxygen atoms in total. The second-order valence-corrected chi connectivity index (χ2v) is 9.82. The lowest BCUT2D eigenvalue weighted by atomic mass is 9.84. The SMILES string of the molecule is Cc1cc(C)c(NC(=O)CNS(=O)(=O)c2ccc(C3CCCCC3)cc2)c(C)c1.